The highest BCUT2D eigenvalue weighted by atomic mass is 35.5. The molecule has 0 radical (unpaired) electrons. The molecule has 8 heteroatoms. The smallest absolute Gasteiger partial charge is 0.178 e. The third-order valence-corrected chi connectivity index (χ3v) is 4.68. The van der Waals surface area contributed by atoms with Gasteiger partial charge in [-0.2, -0.15) is 0 Å². The molecule has 3 N–H and O–H groups in total. The number of hydrogen-bond donors (Lipinski definition) is 2. The Morgan fingerprint density at radius 1 is 1.42 bits per heavy atom. The minimum atomic E-state index is -0.0835. The number of hydrogen-bond acceptors (Lipinski definition) is 6. The van der Waals surface area contributed by atoms with Gasteiger partial charge in [-0.25, -0.2) is 5.84 Å². The number of nitrogens with two attached hydrogens (primary N) is 1. The van der Waals surface area contributed by atoms with Crippen molar-refractivity contribution in [1.82, 2.24) is 4.98 Å². The number of rotatable bonds is 5. The third-order valence-electron chi connectivity index (χ3n) is 3.14. The van der Waals surface area contributed by atoms with Gasteiger partial charge in [0, 0.05) is 6.92 Å². The molecule has 0 fully saturated rings. The van der Waals surface area contributed by atoms with E-state index in [0.717, 1.165) is 11.3 Å². The van der Waals surface area contributed by atoms with Crippen molar-refractivity contribution in [3.8, 4) is 0 Å². The quantitative estimate of drug-likeness (QED) is 0.267. The van der Waals surface area contributed by atoms with Crippen LogP contribution < -0.4 is 16.2 Å². The van der Waals surface area contributed by atoms with Gasteiger partial charge < -0.3 is 5.32 Å². The number of carbonyl (C=O) groups excluding carboxylic acids is 1. The number of aryl methyl sites for hydroxylation is 1. The lowest BCUT2D eigenvalue weighted by molar-refractivity contribution is 0.101. The molecule has 0 aliphatic rings. The van der Waals surface area contributed by atoms with Gasteiger partial charge in [-0.15, -0.1) is 0 Å². The van der Waals surface area contributed by atoms with Gasteiger partial charge in [0.25, 0.3) is 0 Å². The summed E-state index contributed by atoms with van der Waals surface area (Å²) in [5.74, 6) is 6.33. The number of Topliss-reactive ketones (excluding diaryl/α,β-unsaturated/α-hetero) is 1. The molecular formula is C16H17ClN4OS2. The minimum absolute atomic E-state index is 0.0835. The van der Waals surface area contributed by atoms with Crippen molar-refractivity contribution < 1.29 is 4.79 Å². The molecule has 1 aromatic carbocycles. The predicted octanol–water partition coefficient (Wildman–Crippen LogP) is 4.01. The van der Waals surface area contributed by atoms with Crippen molar-refractivity contribution in [2.24, 2.45) is 5.84 Å². The number of benzene rings is 1. The van der Waals surface area contributed by atoms with Gasteiger partial charge >= 0.3 is 0 Å². The number of carbonyl (C=O) groups is 1. The summed E-state index contributed by atoms with van der Waals surface area (Å²) in [6.45, 7) is 3.44. The lowest BCUT2D eigenvalue weighted by Crippen LogP contribution is -2.31. The van der Waals surface area contributed by atoms with Crippen molar-refractivity contribution in [3.63, 3.8) is 0 Å². The molecule has 0 atom stereocenters. The summed E-state index contributed by atoms with van der Waals surface area (Å²) >= 11 is 12.8. The molecule has 2 aromatic rings. The number of thioether (sulfide) groups is 1. The summed E-state index contributed by atoms with van der Waals surface area (Å²) in [6.07, 6.45) is 1.56. The zero-order chi connectivity index (χ0) is 17.7. The van der Waals surface area contributed by atoms with Crippen LogP contribution >= 0.6 is 35.6 Å². The second kappa shape index (κ2) is 8.43. The number of pyridine rings is 1. The Bertz CT molecular complexity index is 752. The first-order chi connectivity index (χ1) is 11.4. The molecule has 126 valence electrons. The molecule has 0 amide bonds. The van der Waals surface area contributed by atoms with Gasteiger partial charge in [0.15, 0.2) is 5.78 Å². The number of nitrogens with one attached hydrogen (secondary N) is 1. The van der Waals surface area contributed by atoms with Crippen LogP contribution in [0.1, 0.15) is 23.0 Å². The minimum Gasteiger partial charge on any atom is -0.340 e. The van der Waals surface area contributed by atoms with Crippen LogP contribution in [0.15, 0.2) is 36.5 Å². The Balaban J connectivity index is 1.89. The summed E-state index contributed by atoms with van der Waals surface area (Å²) in [5.41, 5.74) is 2.95. The van der Waals surface area contributed by atoms with Crippen LogP contribution in [0.2, 0.25) is 5.02 Å². The van der Waals surface area contributed by atoms with Crippen LogP contribution in [0.5, 0.6) is 0 Å². The molecular weight excluding hydrogens is 364 g/mol. The van der Waals surface area contributed by atoms with Crippen LogP contribution in [0.4, 0.5) is 11.4 Å². The maximum absolute atomic E-state index is 11.2. The van der Waals surface area contributed by atoms with Crippen molar-refractivity contribution in [3.05, 3.63) is 52.8 Å². The normalized spacial score (nSPS) is 10.3. The number of thiocarbonyl (C=S) groups is 1. The highest BCUT2D eigenvalue weighted by Crippen LogP contribution is 2.24. The highest BCUT2D eigenvalue weighted by Gasteiger charge is 2.08. The molecule has 1 aromatic heterocycles. The zero-order valence-electron chi connectivity index (χ0n) is 13.2. The maximum atomic E-state index is 11.2. The monoisotopic (exact) mass is 380 g/mol. The van der Waals surface area contributed by atoms with Gasteiger partial charge in [-0.3, -0.25) is 14.8 Å². The first-order valence-corrected chi connectivity index (χ1v) is 8.83. The lowest BCUT2D eigenvalue weighted by Gasteiger charge is -2.18. The summed E-state index contributed by atoms with van der Waals surface area (Å²) in [4.78, 5) is 15.3. The Morgan fingerprint density at radius 3 is 2.75 bits per heavy atom. The summed E-state index contributed by atoms with van der Waals surface area (Å²) in [6, 6.07) is 9.10. The molecule has 2 rings (SSSR count). The second-order valence-corrected chi connectivity index (χ2v) is 7.13. The van der Waals surface area contributed by atoms with E-state index in [1.165, 1.54) is 23.7 Å². The summed E-state index contributed by atoms with van der Waals surface area (Å²) in [7, 11) is 0. The first-order valence-electron chi connectivity index (χ1n) is 7.06. The van der Waals surface area contributed by atoms with Gasteiger partial charge in [-0.05, 0) is 36.8 Å². The molecule has 1 heterocycles. The number of nitrogens with zero attached hydrogens (tertiary/aromatic N) is 2. The third kappa shape index (κ3) is 5.17. The van der Waals surface area contributed by atoms with E-state index in [1.54, 1.807) is 18.3 Å². The lowest BCUT2D eigenvalue weighted by atomic mass is 10.2. The molecule has 24 heavy (non-hydrogen) atoms. The highest BCUT2D eigenvalue weighted by molar-refractivity contribution is 8.23. The maximum Gasteiger partial charge on any atom is 0.178 e. The molecule has 0 saturated carbocycles. The Morgan fingerprint density at radius 2 is 2.17 bits per heavy atom. The first kappa shape index (κ1) is 18.7. The molecule has 0 spiro atoms. The number of anilines is 2. The zero-order valence-corrected chi connectivity index (χ0v) is 15.6. The Labute approximate surface area is 155 Å². The average molecular weight is 381 g/mol. The number of hydrazine groups is 1. The number of aromatic nitrogens is 1. The molecule has 0 saturated heterocycles. The van der Waals surface area contributed by atoms with Crippen molar-refractivity contribution in [2.75, 3.05) is 16.2 Å². The van der Waals surface area contributed by atoms with Gasteiger partial charge in [0.1, 0.15) is 10.0 Å². The molecule has 0 unspecified atom stereocenters. The number of halogens is 1. The summed E-state index contributed by atoms with van der Waals surface area (Å²) < 4.78 is 0.560. The van der Waals surface area contributed by atoms with Crippen molar-refractivity contribution in [1.29, 1.82) is 0 Å². The van der Waals surface area contributed by atoms with E-state index in [-0.39, 0.29) is 5.78 Å². The van der Waals surface area contributed by atoms with Gasteiger partial charge in [-0.1, -0.05) is 41.6 Å². The van der Waals surface area contributed by atoms with E-state index in [4.69, 9.17) is 29.7 Å². The van der Waals surface area contributed by atoms with Gasteiger partial charge in [0.2, 0.25) is 0 Å². The van der Waals surface area contributed by atoms with Crippen LogP contribution in [0.25, 0.3) is 0 Å². The molecule has 0 aliphatic carbocycles. The SMILES string of the molecule is CC(=O)c1ccc(N(N)CSC(=S)Nc2ccc(C)cc2Cl)cn1. The fraction of sp³-hybridized carbons (Fsp3) is 0.188. The Hall–Kier alpha value is -1.67. The topological polar surface area (TPSA) is 71.2 Å². The number of ketones is 1. The molecule has 0 aliphatic heterocycles. The van der Waals surface area contributed by atoms with Crippen LogP contribution in [0.3, 0.4) is 0 Å². The van der Waals surface area contributed by atoms with E-state index in [1.807, 2.05) is 25.1 Å². The molecule has 5 nitrogen and oxygen atoms in total. The van der Waals surface area contributed by atoms with Crippen molar-refractivity contribution >= 4 is 57.1 Å². The molecule has 0 bridgehead atoms. The average Bonchev–Trinajstić information content (AvgIpc) is 2.55. The Kier molecular flexibility index (Phi) is 6.56. The second-order valence-electron chi connectivity index (χ2n) is 5.10. The van der Waals surface area contributed by atoms with Gasteiger partial charge in [0.05, 0.1) is 28.5 Å². The standard InChI is InChI=1S/C16H17ClN4OS2/c1-10-3-5-15(13(17)7-10)20-16(23)24-9-21(18)12-4-6-14(11(2)22)19-8-12/h3-8H,9,18H2,1-2H3,(H,20,23). The van der Waals surface area contributed by atoms with E-state index in [2.05, 4.69) is 10.3 Å². The fourth-order valence-corrected chi connectivity index (χ4v) is 2.97. The largest absolute Gasteiger partial charge is 0.340 e. The van der Waals surface area contributed by atoms with E-state index in [0.29, 0.717) is 26.6 Å². The van der Waals surface area contributed by atoms with Crippen LogP contribution in [-0.4, -0.2) is 21.0 Å². The van der Waals surface area contributed by atoms with Crippen LogP contribution in [-0.2, 0) is 0 Å². The fourth-order valence-electron chi connectivity index (χ4n) is 1.83. The van der Waals surface area contributed by atoms with E-state index in [9.17, 15) is 4.79 Å². The van der Waals surface area contributed by atoms with Crippen LogP contribution in [0, 0.1) is 6.92 Å². The predicted molar refractivity (Wildman–Crippen MR) is 106 cm³/mol. The summed E-state index contributed by atoms with van der Waals surface area (Å²) in [5, 5.41) is 5.21. The van der Waals surface area contributed by atoms with Crippen molar-refractivity contribution in [2.45, 2.75) is 13.8 Å². The van der Waals surface area contributed by atoms with E-state index < -0.39 is 0 Å². The van der Waals surface area contributed by atoms with E-state index >= 15 is 0 Å².